The van der Waals surface area contributed by atoms with E-state index in [1.54, 1.807) is 12.1 Å². The number of nitrogens with two attached hydrogens (primary N) is 1. The summed E-state index contributed by atoms with van der Waals surface area (Å²) < 4.78 is 32.1. The van der Waals surface area contributed by atoms with Gasteiger partial charge in [-0.1, -0.05) is 15.9 Å². The highest BCUT2D eigenvalue weighted by Gasteiger charge is 2.13. The average molecular weight is 357 g/mol. The van der Waals surface area contributed by atoms with Crippen LogP contribution in [0.3, 0.4) is 0 Å². The Balaban J connectivity index is 2.29. The van der Waals surface area contributed by atoms with Gasteiger partial charge in [-0.15, -0.1) is 0 Å². The molecule has 0 aliphatic heterocycles. The molecule has 2 rings (SSSR count). The van der Waals surface area contributed by atoms with E-state index in [-0.39, 0.29) is 10.6 Å². The molecule has 0 aliphatic carbocycles. The first-order valence-corrected chi connectivity index (χ1v) is 7.96. The van der Waals surface area contributed by atoms with E-state index in [2.05, 4.69) is 20.7 Å². The third-order valence-corrected chi connectivity index (χ3v) is 4.54. The van der Waals surface area contributed by atoms with E-state index in [0.29, 0.717) is 11.5 Å². The standard InChI is InChI=1S/C13H13BrN2O3S/c1-16-20(17,18)11-6-7-13(12(15)8-11)19-10-4-2-9(14)3-5-10/h2-8,16H,15H2,1H3. The highest BCUT2D eigenvalue weighted by molar-refractivity contribution is 9.10. The van der Waals surface area contributed by atoms with Crippen LogP contribution >= 0.6 is 15.9 Å². The van der Waals surface area contributed by atoms with Gasteiger partial charge in [0, 0.05) is 4.47 Å². The van der Waals surface area contributed by atoms with Gasteiger partial charge in [-0.3, -0.25) is 0 Å². The summed E-state index contributed by atoms with van der Waals surface area (Å²) in [4.78, 5) is 0.0978. The second-order valence-electron chi connectivity index (χ2n) is 3.96. The van der Waals surface area contributed by atoms with E-state index < -0.39 is 10.0 Å². The third kappa shape index (κ3) is 3.30. The molecule has 0 bridgehead atoms. The van der Waals surface area contributed by atoms with Crippen molar-refractivity contribution in [3.8, 4) is 11.5 Å². The summed E-state index contributed by atoms with van der Waals surface area (Å²) in [7, 11) is -2.16. The normalized spacial score (nSPS) is 11.3. The van der Waals surface area contributed by atoms with Gasteiger partial charge in [-0.2, -0.15) is 0 Å². The molecular formula is C13H13BrN2O3S. The molecule has 2 aromatic carbocycles. The van der Waals surface area contributed by atoms with Crippen LogP contribution in [0.5, 0.6) is 11.5 Å². The van der Waals surface area contributed by atoms with Crippen molar-refractivity contribution in [2.24, 2.45) is 0 Å². The second kappa shape index (κ2) is 5.82. The maximum atomic E-state index is 11.6. The first kappa shape index (κ1) is 14.8. The minimum atomic E-state index is -3.51. The van der Waals surface area contributed by atoms with Gasteiger partial charge in [0.1, 0.15) is 11.5 Å². The van der Waals surface area contributed by atoms with E-state index in [4.69, 9.17) is 10.5 Å². The molecule has 3 N–H and O–H groups in total. The fraction of sp³-hybridized carbons (Fsp3) is 0.0769. The predicted octanol–water partition coefficient (Wildman–Crippen LogP) is 2.73. The molecule has 0 saturated carbocycles. The minimum Gasteiger partial charge on any atom is -0.455 e. The fourth-order valence-corrected chi connectivity index (χ4v) is 2.56. The molecule has 0 aliphatic rings. The number of hydrogen-bond donors (Lipinski definition) is 2. The van der Waals surface area contributed by atoms with Gasteiger partial charge in [0.2, 0.25) is 10.0 Å². The van der Waals surface area contributed by atoms with E-state index in [0.717, 1.165) is 4.47 Å². The largest absolute Gasteiger partial charge is 0.455 e. The lowest BCUT2D eigenvalue weighted by atomic mass is 10.3. The zero-order valence-corrected chi connectivity index (χ0v) is 13.0. The Morgan fingerprint density at radius 2 is 1.80 bits per heavy atom. The molecule has 0 heterocycles. The van der Waals surface area contributed by atoms with Crippen molar-refractivity contribution >= 4 is 31.6 Å². The molecule has 0 spiro atoms. The number of rotatable bonds is 4. The van der Waals surface area contributed by atoms with Gasteiger partial charge < -0.3 is 10.5 Å². The van der Waals surface area contributed by atoms with Crippen molar-refractivity contribution in [2.45, 2.75) is 4.90 Å². The second-order valence-corrected chi connectivity index (χ2v) is 6.77. The minimum absolute atomic E-state index is 0.0978. The number of benzene rings is 2. The monoisotopic (exact) mass is 356 g/mol. The van der Waals surface area contributed by atoms with E-state index in [9.17, 15) is 8.42 Å². The molecule has 0 fully saturated rings. The van der Waals surface area contributed by atoms with E-state index in [1.807, 2.05) is 12.1 Å². The maximum Gasteiger partial charge on any atom is 0.240 e. The highest BCUT2D eigenvalue weighted by atomic mass is 79.9. The zero-order chi connectivity index (χ0) is 14.8. The third-order valence-electron chi connectivity index (χ3n) is 2.60. The topological polar surface area (TPSA) is 81.4 Å². The lowest BCUT2D eigenvalue weighted by Crippen LogP contribution is -2.18. The molecule has 0 aromatic heterocycles. The average Bonchev–Trinajstić information content (AvgIpc) is 2.43. The van der Waals surface area contributed by atoms with Crippen LogP contribution in [0, 0.1) is 0 Å². The van der Waals surface area contributed by atoms with Crippen molar-refractivity contribution in [3.63, 3.8) is 0 Å². The molecule has 0 amide bonds. The van der Waals surface area contributed by atoms with Gasteiger partial charge in [0.25, 0.3) is 0 Å². The van der Waals surface area contributed by atoms with Crippen molar-refractivity contribution in [2.75, 3.05) is 12.8 Å². The quantitative estimate of drug-likeness (QED) is 0.825. The number of ether oxygens (including phenoxy) is 1. The van der Waals surface area contributed by atoms with Gasteiger partial charge in [0.05, 0.1) is 10.6 Å². The van der Waals surface area contributed by atoms with Crippen LogP contribution in [-0.4, -0.2) is 15.5 Å². The summed E-state index contributed by atoms with van der Waals surface area (Å²) in [5, 5.41) is 0. The van der Waals surface area contributed by atoms with Crippen LogP contribution in [0.15, 0.2) is 51.8 Å². The first-order chi connectivity index (χ1) is 9.42. The van der Waals surface area contributed by atoms with Crippen LogP contribution in [-0.2, 0) is 10.0 Å². The molecular weight excluding hydrogens is 344 g/mol. The van der Waals surface area contributed by atoms with Gasteiger partial charge in [-0.25, -0.2) is 13.1 Å². The highest BCUT2D eigenvalue weighted by Crippen LogP contribution is 2.30. The molecule has 20 heavy (non-hydrogen) atoms. The van der Waals surface area contributed by atoms with Crippen LogP contribution in [0.25, 0.3) is 0 Å². The summed E-state index contributed by atoms with van der Waals surface area (Å²) in [5.41, 5.74) is 6.08. The summed E-state index contributed by atoms with van der Waals surface area (Å²) >= 11 is 3.33. The van der Waals surface area contributed by atoms with Gasteiger partial charge in [-0.05, 0) is 49.5 Å². The Morgan fingerprint density at radius 3 is 2.35 bits per heavy atom. The predicted molar refractivity (Wildman–Crippen MR) is 81.3 cm³/mol. The van der Waals surface area contributed by atoms with Crippen molar-refractivity contribution < 1.29 is 13.2 Å². The Kier molecular flexibility index (Phi) is 4.32. The molecule has 0 radical (unpaired) electrons. The SMILES string of the molecule is CNS(=O)(=O)c1ccc(Oc2ccc(Br)cc2)c(N)c1. The molecule has 106 valence electrons. The lowest BCUT2D eigenvalue weighted by Gasteiger charge is -2.10. The smallest absolute Gasteiger partial charge is 0.240 e. The number of nitrogen functional groups attached to an aromatic ring is 1. The summed E-state index contributed by atoms with van der Waals surface area (Å²) in [6.45, 7) is 0. The molecule has 2 aromatic rings. The fourth-order valence-electron chi connectivity index (χ4n) is 1.53. The number of halogens is 1. The molecule has 5 nitrogen and oxygen atoms in total. The summed E-state index contributed by atoms with van der Waals surface area (Å²) in [6, 6.07) is 11.6. The van der Waals surface area contributed by atoms with Crippen LogP contribution in [0.4, 0.5) is 5.69 Å². The number of nitrogens with one attached hydrogen (secondary N) is 1. The van der Waals surface area contributed by atoms with Gasteiger partial charge >= 0.3 is 0 Å². The Labute approximate surface area is 125 Å². The van der Waals surface area contributed by atoms with Crippen molar-refractivity contribution in [3.05, 3.63) is 46.9 Å². The molecule has 0 unspecified atom stereocenters. The summed E-state index contributed by atoms with van der Waals surface area (Å²) in [5.74, 6) is 1.02. The molecule has 0 saturated heterocycles. The van der Waals surface area contributed by atoms with Crippen LogP contribution in [0.2, 0.25) is 0 Å². The Hall–Kier alpha value is -1.57. The maximum absolute atomic E-state index is 11.6. The van der Waals surface area contributed by atoms with Crippen LogP contribution < -0.4 is 15.2 Å². The lowest BCUT2D eigenvalue weighted by molar-refractivity contribution is 0.484. The molecule has 7 heteroatoms. The van der Waals surface area contributed by atoms with Crippen molar-refractivity contribution in [1.29, 1.82) is 0 Å². The number of hydrogen-bond acceptors (Lipinski definition) is 4. The zero-order valence-electron chi connectivity index (χ0n) is 10.6. The Morgan fingerprint density at radius 1 is 1.15 bits per heavy atom. The first-order valence-electron chi connectivity index (χ1n) is 5.69. The Bertz CT molecular complexity index is 715. The van der Waals surface area contributed by atoms with Crippen LogP contribution in [0.1, 0.15) is 0 Å². The number of sulfonamides is 1. The van der Waals surface area contributed by atoms with Gasteiger partial charge in [0.15, 0.2) is 0 Å². The van der Waals surface area contributed by atoms with E-state index >= 15 is 0 Å². The van der Waals surface area contributed by atoms with E-state index in [1.165, 1.54) is 25.2 Å². The van der Waals surface area contributed by atoms with Crippen molar-refractivity contribution in [1.82, 2.24) is 4.72 Å². The molecule has 0 atom stereocenters. The number of anilines is 1. The summed E-state index contributed by atoms with van der Waals surface area (Å²) in [6.07, 6.45) is 0.